The van der Waals surface area contributed by atoms with Crippen LogP contribution in [0.25, 0.3) is 6.08 Å². The Hall–Kier alpha value is -1.64. The number of aromatic amines is 1. The molecule has 0 atom stereocenters. The predicted octanol–water partition coefficient (Wildman–Crippen LogP) is 2.31. The topological polar surface area (TPSA) is 63.5 Å². The Bertz CT molecular complexity index is 491. The second-order valence-electron chi connectivity index (χ2n) is 4.20. The van der Waals surface area contributed by atoms with Crippen LogP contribution in [0, 0.1) is 10.8 Å². The van der Waals surface area contributed by atoms with Crippen LogP contribution in [0.15, 0.2) is 6.08 Å². The Labute approximate surface area is 88.2 Å². The van der Waals surface area contributed by atoms with Gasteiger partial charge < -0.3 is 4.98 Å². The van der Waals surface area contributed by atoms with Gasteiger partial charge in [-0.3, -0.25) is 10.8 Å². The summed E-state index contributed by atoms with van der Waals surface area (Å²) in [5, 5.41) is 15.6. The van der Waals surface area contributed by atoms with E-state index < -0.39 is 0 Å². The summed E-state index contributed by atoms with van der Waals surface area (Å²) in [5.41, 5.74) is 5.30. The first-order valence-corrected chi connectivity index (χ1v) is 5.37. The molecule has 3 nitrogen and oxygen atoms in total. The quantitative estimate of drug-likeness (QED) is 0.574. The molecule has 0 amide bonds. The molecule has 3 N–H and O–H groups in total. The molecule has 76 valence electrons. The number of nitrogens with one attached hydrogen (secondary N) is 3. The van der Waals surface area contributed by atoms with Crippen LogP contribution in [0.5, 0.6) is 0 Å². The molecule has 0 spiro atoms. The highest BCUT2D eigenvalue weighted by atomic mass is 14.8. The van der Waals surface area contributed by atoms with Crippen molar-refractivity contribution in [3.63, 3.8) is 0 Å². The molecule has 3 rings (SSSR count). The maximum Gasteiger partial charge on any atom is 0.0885 e. The number of fused-ring (bicyclic) bond motifs is 3. The summed E-state index contributed by atoms with van der Waals surface area (Å²) in [5.74, 6) is 0. The van der Waals surface area contributed by atoms with Gasteiger partial charge in [0.1, 0.15) is 0 Å². The first-order chi connectivity index (χ1) is 7.27. The van der Waals surface area contributed by atoms with Crippen LogP contribution in [-0.4, -0.2) is 16.4 Å². The average molecular weight is 199 g/mol. The first kappa shape index (κ1) is 8.65. The predicted molar refractivity (Wildman–Crippen MR) is 61.0 cm³/mol. The molecule has 0 unspecified atom stereocenters. The summed E-state index contributed by atoms with van der Waals surface area (Å²) in [6.45, 7) is 0. The van der Waals surface area contributed by atoms with E-state index in [9.17, 15) is 0 Å². The van der Waals surface area contributed by atoms with Gasteiger partial charge in [-0.1, -0.05) is 0 Å². The number of allylic oxidation sites excluding steroid dienone is 1. The van der Waals surface area contributed by atoms with Crippen molar-refractivity contribution in [2.24, 2.45) is 0 Å². The van der Waals surface area contributed by atoms with Crippen molar-refractivity contribution in [3.05, 3.63) is 28.6 Å². The van der Waals surface area contributed by atoms with Gasteiger partial charge in [0.25, 0.3) is 0 Å². The number of rotatable bonds is 0. The van der Waals surface area contributed by atoms with Gasteiger partial charge >= 0.3 is 0 Å². The molecule has 0 saturated carbocycles. The zero-order valence-corrected chi connectivity index (χ0v) is 8.48. The normalized spacial score (nSPS) is 18.9. The van der Waals surface area contributed by atoms with E-state index in [4.69, 9.17) is 10.8 Å². The summed E-state index contributed by atoms with van der Waals surface area (Å²) in [4.78, 5) is 3.38. The van der Waals surface area contributed by atoms with Gasteiger partial charge in [0.15, 0.2) is 0 Å². The van der Waals surface area contributed by atoms with E-state index in [2.05, 4.69) is 4.98 Å². The van der Waals surface area contributed by atoms with Gasteiger partial charge in [-0.15, -0.1) is 0 Å². The summed E-state index contributed by atoms with van der Waals surface area (Å²) >= 11 is 0. The standard InChI is InChI=1S/C12H13N3/c13-8-5-6-10-11(12(8)14)7-3-1-2-4-9(7)15-10/h5-6,13-15H,1-4H2. The Kier molecular flexibility index (Phi) is 1.69. The van der Waals surface area contributed by atoms with E-state index in [1.807, 2.05) is 6.08 Å². The van der Waals surface area contributed by atoms with Crippen LogP contribution in [0.1, 0.15) is 35.4 Å². The lowest BCUT2D eigenvalue weighted by Crippen LogP contribution is -2.16. The van der Waals surface area contributed by atoms with E-state index in [1.165, 1.54) is 24.1 Å². The molecule has 0 fully saturated rings. The second-order valence-corrected chi connectivity index (χ2v) is 4.20. The van der Waals surface area contributed by atoms with Crippen molar-refractivity contribution < 1.29 is 0 Å². The highest BCUT2D eigenvalue weighted by Gasteiger charge is 2.24. The van der Waals surface area contributed by atoms with E-state index in [0.29, 0.717) is 11.4 Å². The number of hydrogen-bond donors (Lipinski definition) is 3. The molecule has 1 aromatic rings. The van der Waals surface area contributed by atoms with Crippen molar-refractivity contribution in [2.75, 3.05) is 0 Å². The van der Waals surface area contributed by atoms with Crippen LogP contribution < -0.4 is 0 Å². The minimum Gasteiger partial charge on any atom is -0.358 e. The molecular formula is C12H13N3. The Morgan fingerprint density at radius 3 is 2.73 bits per heavy atom. The Morgan fingerprint density at radius 2 is 1.87 bits per heavy atom. The monoisotopic (exact) mass is 199 g/mol. The maximum atomic E-state index is 7.94. The van der Waals surface area contributed by atoms with Crippen LogP contribution in [0.3, 0.4) is 0 Å². The number of aryl methyl sites for hydroxylation is 1. The van der Waals surface area contributed by atoms with Gasteiger partial charge in [-0.2, -0.15) is 0 Å². The molecule has 2 aliphatic rings. The number of H-pyrrole nitrogens is 1. The van der Waals surface area contributed by atoms with Crippen LogP contribution in [0.4, 0.5) is 0 Å². The summed E-state index contributed by atoms with van der Waals surface area (Å²) in [6, 6.07) is 0. The van der Waals surface area contributed by atoms with Crippen LogP contribution >= 0.6 is 0 Å². The highest BCUT2D eigenvalue weighted by molar-refractivity contribution is 6.52. The van der Waals surface area contributed by atoms with Crippen LogP contribution in [0.2, 0.25) is 0 Å². The fourth-order valence-corrected chi connectivity index (χ4v) is 2.50. The van der Waals surface area contributed by atoms with Gasteiger partial charge in [0, 0.05) is 17.0 Å². The Morgan fingerprint density at radius 1 is 1.07 bits per heavy atom. The third kappa shape index (κ3) is 1.12. The molecule has 0 bridgehead atoms. The molecular weight excluding hydrogens is 186 g/mol. The first-order valence-electron chi connectivity index (χ1n) is 5.37. The molecule has 15 heavy (non-hydrogen) atoms. The van der Waals surface area contributed by atoms with Crippen molar-refractivity contribution >= 4 is 17.5 Å². The molecule has 0 saturated heterocycles. The number of aromatic nitrogens is 1. The van der Waals surface area contributed by atoms with E-state index in [-0.39, 0.29) is 0 Å². The molecule has 0 aromatic carbocycles. The van der Waals surface area contributed by atoms with E-state index in [1.54, 1.807) is 6.08 Å². The minimum atomic E-state index is 0.329. The van der Waals surface area contributed by atoms with Crippen molar-refractivity contribution in [1.82, 2.24) is 4.98 Å². The molecule has 2 aliphatic carbocycles. The number of hydrogen-bond acceptors (Lipinski definition) is 2. The van der Waals surface area contributed by atoms with E-state index in [0.717, 1.165) is 24.1 Å². The molecule has 3 heteroatoms. The van der Waals surface area contributed by atoms with Crippen molar-refractivity contribution in [3.8, 4) is 0 Å². The minimum absolute atomic E-state index is 0.329. The summed E-state index contributed by atoms with van der Waals surface area (Å²) < 4.78 is 0. The largest absolute Gasteiger partial charge is 0.358 e. The average Bonchev–Trinajstić information content (AvgIpc) is 2.62. The summed E-state index contributed by atoms with van der Waals surface area (Å²) in [7, 11) is 0. The smallest absolute Gasteiger partial charge is 0.0885 e. The SMILES string of the molecule is N=C1C=Cc2[nH]c3c(c2C1=N)CCCC3. The Balaban J connectivity index is 2.23. The molecule has 0 aliphatic heterocycles. The third-order valence-corrected chi connectivity index (χ3v) is 3.26. The third-order valence-electron chi connectivity index (χ3n) is 3.26. The highest BCUT2D eigenvalue weighted by Crippen LogP contribution is 2.30. The lowest BCUT2D eigenvalue weighted by molar-refractivity contribution is 0.676. The molecule has 1 aromatic heterocycles. The van der Waals surface area contributed by atoms with Crippen LogP contribution in [-0.2, 0) is 12.8 Å². The lowest BCUT2D eigenvalue weighted by Gasteiger charge is -2.14. The molecule has 0 radical (unpaired) electrons. The lowest BCUT2D eigenvalue weighted by atomic mass is 9.89. The van der Waals surface area contributed by atoms with Gasteiger partial charge in [0.05, 0.1) is 11.4 Å². The van der Waals surface area contributed by atoms with Gasteiger partial charge in [0.2, 0.25) is 0 Å². The van der Waals surface area contributed by atoms with Crippen molar-refractivity contribution in [2.45, 2.75) is 25.7 Å². The van der Waals surface area contributed by atoms with Gasteiger partial charge in [-0.05, 0) is 43.4 Å². The fourth-order valence-electron chi connectivity index (χ4n) is 2.50. The maximum absolute atomic E-state index is 7.94. The zero-order valence-electron chi connectivity index (χ0n) is 8.48. The summed E-state index contributed by atoms with van der Waals surface area (Å²) in [6.07, 6.45) is 8.23. The van der Waals surface area contributed by atoms with E-state index >= 15 is 0 Å². The second kappa shape index (κ2) is 2.92. The fraction of sp³-hybridized carbons (Fsp3) is 0.333. The zero-order chi connectivity index (χ0) is 10.4. The molecule has 1 heterocycles. The van der Waals surface area contributed by atoms with Crippen molar-refractivity contribution in [1.29, 1.82) is 10.8 Å². The van der Waals surface area contributed by atoms with Gasteiger partial charge in [-0.25, -0.2) is 0 Å².